The van der Waals surface area contributed by atoms with Crippen LogP contribution in [0.15, 0.2) is 24.4 Å². The fourth-order valence-corrected chi connectivity index (χ4v) is 0.886. The van der Waals surface area contributed by atoms with Crippen molar-refractivity contribution in [3.8, 4) is 0 Å². The van der Waals surface area contributed by atoms with Crippen LogP contribution in [-0.4, -0.2) is 11.7 Å². The zero-order valence-corrected chi connectivity index (χ0v) is 6.74. The maximum Gasteiger partial charge on any atom is 0.132 e. The first-order valence-corrected chi connectivity index (χ1v) is 3.50. The molecule has 1 N–H and O–H groups in total. The quantitative estimate of drug-likeness (QED) is 0.677. The Hall–Kier alpha value is -1.09. The summed E-state index contributed by atoms with van der Waals surface area (Å²) in [5, 5.41) is 7.49. The molecule has 1 heterocycles. The number of nitrogens with zero attached hydrogens (tertiary/aromatic N) is 1. The van der Waals surface area contributed by atoms with Crippen molar-refractivity contribution in [3.63, 3.8) is 0 Å². The van der Waals surface area contributed by atoms with Crippen LogP contribution in [0.4, 0.5) is 0 Å². The Balaban J connectivity index is 3.03. The number of aromatic nitrogens is 1. The van der Waals surface area contributed by atoms with Gasteiger partial charge in [-0.15, -0.1) is 0 Å². The van der Waals surface area contributed by atoms with Gasteiger partial charge in [-0.3, -0.25) is 5.41 Å². The summed E-state index contributed by atoms with van der Waals surface area (Å²) in [6.45, 7) is 1.90. The van der Waals surface area contributed by atoms with Gasteiger partial charge >= 0.3 is 0 Å². The summed E-state index contributed by atoms with van der Waals surface area (Å²) in [6, 6.07) is 5.45. The van der Waals surface area contributed by atoms with Crippen molar-refractivity contribution >= 4 is 0 Å². The monoisotopic (exact) mass is 152 g/mol. The average Bonchev–Trinajstić information content (AvgIpc) is 2.04. The summed E-state index contributed by atoms with van der Waals surface area (Å²) < 4.78 is 6.81. The highest BCUT2D eigenvalue weighted by atomic mass is 16.5. The van der Waals surface area contributed by atoms with Crippen LogP contribution < -0.4 is 5.49 Å². The summed E-state index contributed by atoms with van der Waals surface area (Å²) in [6.07, 6.45) is 1.76. The van der Waals surface area contributed by atoms with E-state index in [1.165, 1.54) is 0 Å². The molecule has 1 atom stereocenters. The van der Waals surface area contributed by atoms with E-state index >= 15 is 0 Å². The van der Waals surface area contributed by atoms with Gasteiger partial charge in [0.1, 0.15) is 11.7 Å². The maximum atomic E-state index is 7.49. The second-order valence-corrected chi connectivity index (χ2v) is 2.33. The molecule has 0 aliphatic rings. The van der Waals surface area contributed by atoms with Crippen LogP contribution in [0, 0.1) is 5.41 Å². The van der Waals surface area contributed by atoms with Crippen molar-refractivity contribution in [2.75, 3.05) is 7.11 Å². The average molecular weight is 152 g/mol. The van der Waals surface area contributed by atoms with Crippen LogP contribution in [0.5, 0.6) is 0 Å². The lowest BCUT2D eigenvalue weighted by molar-refractivity contribution is 0.0565. The van der Waals surface area contributed by atoms with Gasteiger partial charge in [-0.1, -0.05) is 6.07 Å². The number of rotatable bonds is 2. The molecule has 1 aromatic heterocycles. The molecule has 0 radical (unpaired) electrons. The van der Waals surface area contributed by atoms with Crippen molar-refractivity contribution < 1.29 is 4.74 Å². The van der Waals surface area contributed by atoms with Crippen LogP contribution in [0.1, 0.15) is 13.2 Å². The molecule has 60 valence electrons. The van der Waals surface area contributed by atoms with E-state index in [0.29, 0.717) is 5.49 Å². The summed E-state index contributed by atoms with van der Waals surface area (Å²) in [7, 11) is 1.63. The molecule has 3 nitrogen and oxygen atoms in total. The van der Waals surface area contributed by atoms with Crippen LogP contribution in [0.25, 0.3) is 0 Å². The minimum atomic E-state index is -0.0660. The Morgan fingerprint density at radius 1 is 1.55 bits per heavy atom. The minimum absolute atomic E-state index is 0.0660. The Morgan fingerprint density at radius 2 is 2.27 bits per heavy atom. The van der Waals surface area contributed by atoms with Gasteiger partial charge in [0, 0.05) is 13.3 Å². The molecule has 0 spiro atoms. The Kier molecular flexibility index (Phi) is 2.44. The molecule has 1 unspecified atom stereocenters. The zero-order valence-electron chi connectivity index (χ0n) is 6.74. The highest BCUT2D eigenvalue weighted by Crippen LogP contribution is 1.99. The predicted octanol–water partition coefficient (Wildman–Crippen LogP) is 1.13. The standard InChI is InChI=1S/C8H12N2O/c1-7(11-2)10-6-4-3-5-8(10)9/h3-7,9H,1-2H3. The van der Waals surface area contributed by atoms with Crippen LogP contribution in [0.3, 0.4) is 0 Å². The molecule has 0 saturated heterocycles. The van der Waals surface area contributed by atoms with E-state index in [0.717, 1.165) is 0 Å². The second kappa shape index (κ2) is 3.34. The molecule has 0 aliphatic heterocycles. The first kappa shape index (κ1) is 8.01. The van der Waals surface area contributed by atoms with E-state index in [-0.39, 0.29) is 6.23 Å². The van der Waals surface area contributed by atoms with Crippen molar-refractivity contribution in [1.82, 2.24) is 4.57 Å². The minimum Gasteiger partial charge on any atom is -0.362 e. The number of pyridine rings is 1. The molecule has 3 heteroatoms. The summed E-state index contributed by atoms with van der Waals surface area (Å²) in [4.78, 5) is 0. The highest BCUT2D eigenvalue weighted by molar-refractivity contribution is 4.91. The Morgan fingerprint density at radius 3 is 2.82 bits per heavy atom. The van der Waals surface area contributed by atoms with Crippen LogP contribution in [0.2, 0.25) is 0 Å². The maximum absolute atomic E-state index is 7.49. The van der Waals surface area contributed by atoms with E-state index in [2.05, 4.69) is 0 Å². The lowest BCUT2D eigenvalue weighted by Crippen LogP contribution is -2.22. The molecule has 0 amide bonds. The number of nitrogens with one attached hydrogen (secondary N) is 1. The normalized spacial score (nSPS) is 12.9. The molecule has 1 rings (SSSR count). The van der Waals surface area contributed by atoms with E-state index in [1.54, 1.807) is 17.7 Å². The fraction of sp³-hybridized carbons (Fsp3) is 0.375. The zero-order chi connectivity index (χ0) is 8.27. The first-order chi connectivity index (χ1) is 5.25. The predicted molar refractivity (Wildman–Crippen MR) is 42.0 cm³/mol. The number of ether oxygens (including phenoxy) is 1. The van der Waals surface area contributed by atoms with Crippen molar-refractivity contribution in [2.24, 2.45) is 0 Å². The van der Waals surface area contributed by atoms with Gasteiger partial charge in [0.05, 0.1) is 0 Å². The highest BCUT2D eigenvalue weighted by Gasteiger charge is 1.98. The van der Waals surface area contributed by atoms with Crippen molar-refractivity contribution in [3.05, 3.63) is 29.9 Å². The van der Waals surface area contributed by atoms with E-state index < -0.39 is 0 Å². The van der Waals surface area contributed by atoms with Gasteiger partial charge in [0.25, 0.3) is 0 Å². The van der Waals surface area contributed by atoms with Crippen molar-refractivity contribution in [1.29, 1.82) is 5.41 Å². The molecule has 0 bridgehead atoms. The Bertz CT molecular complexity index is 279. The third kappa shape index (κ3) is 1.68. The molecule has 0 aromatic carbocycles. The summed E-state index contributed by atoms with van der Waals surface area (Å²) in [5.74, 6) is 0. The van der Waals surface area contributed by atoms with Gasteiger partial charge in [0.2, 0.25) is 0 Å². The lowest BCUT2D eigenvalue weighted by atomic mass is 10.4. The number of hydrogen-bond donors (Lipinski definition) is 1. The topological polar surface area (TPSA) is 38.0 Å². The molecular formula is C8H12N2O. The lowest BCUT2D eigenvalue weighted by Gasteiger charge is -2.13. The van der Waals surface area contributed by atoms with Crippen LogP contribution >= 0.6 is 0 Å². The number of hydrogen-bond acceptors (Lipinski definition) is 2. The van der Waals surface area contributed by atoms with Gasteiger partial charge in [-0.25, -0.2) is 0 Å². The van der Waals surface area contributed by atoms with Gasteiger partial charge < -0.3 is 9.30 Å². The second-order valence-electron chi connectivity index (χ2n) is 2.33. The van der Waals surface area contributed by atoms with Crippen molar-refractivity contribution in [2.45, 2.75) is 13.2 Å². The number of methoxy groups -OCH3 is 1. The smallest absolute Gasteiger partial charge is 0.132 e. The molecule has 0 aliphatic carbocycles. The van der Waals surface area contributed by atoms with Gasteiger partial charge in [-0.2, -0.15) is 0 Å². The molecule has 1 aromatic rings. The molecule has 11 heavy (non-hydrogen) atoms. The van der Waals surface area contributed by atoms with Gasteiger partial charge in [0.15, 0.2) is 0 Å². The van der Waals surface area contributed by atoms with E-state index in [9.17, 15) is 0 Å². The summed E-state index contributed by atoms with van der Waals surface area (Å²) >= 11 is 0. The van der Waals surface area contributed by atoms with E-state index in [4.69, 9.17) is 10.1 Å². The molecule has 0 fully saturated rings. The van der Waals surface area contributed by atoms with Gasteiger partial charge in [-0.05, 0) is 19.1 Å². The van der Waals surface area contributed by atoms with Crippen LogP contribution in [-0.2, 0) is 4.74 Å². The third-order valence-electron chi connectivity index (χ3n) is 1.62. The fourth-order valence-electron chi connectivity index (χ4n) is 0.886. The molecular weight excluding hydrogens is 140 g/mol. The SMILES string of the molecule is COC(C)n1ccccc1=N. The van der Waals surface area contributed by atoms with E-state index in [1.807, 2.05) is 25.3 Å². The summed E-state index contributed by atoms with van der Waals surface area (Å²) in [5.41, 5.74) is 0.460. The first-order valence-electron chi connectivity index (χ1n) is 3.50. The molecule has 0 saturated carbocycles. The third-order valence-corrected chi connectivity index (χ3v) is 1.62. The largest absolute Gasteiger partial charge is 0.362 e. The Labute approximate surface area is 65.8 Å².